The third-order valence-electron chi connectivity index (χ3n) is 4.09. The van der Waals surface area contributed by atoms with Gasteiger partial charge in [0.05, 0.1) is 19.3 Å². The highest BCUT2D eigenvalue weighted by Gasteiger charge is 2.52. The van der Waals surface area contributed by atoms with Crippen molar-refractivity contribution >= 4 is 0 Å². The molecule has 3 heteroatoms. The SMILES string of the molecule is CO[C@H]1C[C@@H]2CC3(C[C@@H]2C1)OCCO3. The van der Waals surface area contributed by atoms with Crippen molar-refractivity contribution in [2.75, 3.05) is 20.3 Å². The van der Waals surface area contributed by atoms with E-state index < -0.39 is 0 Å². The first-order valence-electron chi connectivity index (χ1n) is 5.62. The van der Waals surface area contributed by atoms with Crippen molar-refractivity contribution in [3.63, 3.8) is 0 Å². The van der Waals surface area contributed by atoms with Crippen LogP contribution in [-0.4, -0.2) is 32.2 Å². The van der Waals surface area contributed by atoms with Crippen LogP contribution in [0.4, 0.5) is 0 Å². The molecule has 3 fully saturated rings. The molecule has 1 aliphatic heterocycles. The lowest BCUT2D eigenvalue weighted by Crippen LogP contribution is -2.27. The standard InChI is InChI=1S/C11H18O3/c1-12-10-4-8-6-11(7-9(8)5-10)13-2-3-14-11/h8-10H,2-7H2,1H3/t8-,9+,10+. The molecule has 3 nitrogen and oxygen atoms in total. The molecule has 1 spiro atoms. The van der Waals surface area contributed by atoms with E-state index in [9.17, 15) is 0 Å². The lowest BCUT2D eigenvalue weighted by atomic mass is 10.0. The van der Waals surface area contributed by atoms with Crippen molar-refractivity contribution in [2.45, 2.75) is 37.6 Å². The topological polar surface area (TPSA) is 27.7 Å². The van der Waals surface area contributed by atoms with Gasteiger partial charge in [0.25, 0.3) is 0 Å². The van der Waals surface area contributed by atoms with Crippen LogP contribution in [0.2, 0.25) is 0 Å². The Balaban J connectivity index is 1.68. The summed E-state index contributed by atoms with van der Waals surface area (Å²) in [4.78, 5) is 0. The summed E-state index contributed by atoms with van der Waals surface area (Å²) in [6.45, 7) is 1.57. The van der Waals surface area contributed by atoms with Gasteiger partial charge in [-0.3, -0.25) is 0 Å². The van der Waals surface area contributed by atoms with Gasteiger partial charge in [0.15, 0.2) is 5.79 Å². The Morgan fingerprint density at radius 2 is 1.64 bits per heavy atom. The molecule has 14 heavy (non-hydrogen) atoms. The van der Waals surface area contributed by atoms with Gasteiger partial charge in [0.2, 0.25) is 0 Å². The van der Waals surface area contributed by atoms with Gasteiger partial charge in [-0.2, -0.15) is 0 Å². The van der Waals surface area contributed by atoms with Crippen LogP contribution in [0.3, 0.4) is 0 Å². The van der Waals surface area contributed by atoms with E-state index >= 15 is 0 Å². The van der Waals surface area contributed by atoms with Gasteiger partial charge in [0, 0.05) is 20.0 Å². The van der Waals surface area contributed by atoms with Crippen molar-refractivity contribution in [1.82, 2.24) is 0 Å². The van der Waals surface area contributed by atoms with E-state index in [2.05, 4.69) is 0 Å². The first-order chi connectivity index (χ1) is 6.81. The summed E-state index contributed by atoms with van der Waals surface area (Å²) in [7, 11) is 1.82. The summed E-state index contributed by atoms with van der Waals surface area (Å²) < 4.78 is 16.9. The van der Waals surface area contributed by atoms with Crippen molar-refractivity contribution in [2.24, 2.45) is 11.8 Å². The highest BCUT2D eigenvalue weighted by molar-refractivity contribution is 4.97. The van der Waals surface area contributed by atoms with E-state index in [0.717, 1.165) is 37.9 Å². The second kappa shape index (κ2) is 3.19. The van der Waals surface area contributed by atoms with Gasteiger partial charge < -0.3 is 14.2 Å². The molecular formula is C11H18O3. The maximum atomic E-state index is 5.74. The zero-order chi connectivity index (χ0) is 9.60. The van der Waals surface area contributed by atoms with Crippen molar-refractivity contribution in [3.05, 3.63) is 0 Å². The third kappa shape index (κ3) is 1.30. The van der Waals surface area contributed by atoms with Crippen LogP contribution in [0.1, 0.15) is 25.7 Å². The number of hydrogen-bond acceptors (Lipinski definition) is 3. The number of hydrogen-bond donors (Lipinski definition) is 0. The van der Waals surface area contributed by atoms with Gasteiger partial charge in [-0.15, -0.1) is 0 Å². The Morgan fingerprint density at radius 1 is 1.07 bits per heavy atom. The molecule has 3 aliphatic rings. The molecule has 2 saturated carbocycles. The molecule has 3 rings (SSSR count). The van der Waals surface area contributed by atoms with E-state index in [1.807, 2.05) is 7.11 Å². The zero-order valence-corrected chi connectivity index (χ0v) is 8.70. The molecule has 0 radical (unpaired) electrons. The maximum Gasteiger partial charge on any atom is 0.169 e. The highest BCUT2D eigenvalue weighted by Crippen LogP contribution is 2.52. The second-order valence-corrected chi connectivity index (χ2v) is 4.87. The fraction of sp³-hybridized carbons (Fsp3) is 1.00. The van der Waals surface area contributed by atoms with Gasteiger partial charge in [-0.1, -0.05) is 0 Å². The van der Waals surface area contributed by atoms with E-state index in [4.69, 9.17) is 14.2 Å². The Morgan fingerprint density at radius 3 is 2.14 bits per heavy atom. The normalized spacial score (nSPS) is 44.8. The summed E-state index contributed by atoms with van der Waals surface area (Å²) in [6, 6.07) is 0. The molecule has 0 aromatic rings. The van der Waals surface area contributed by atoms with Crippen molar-refractivity contribution < 1.29 is 14.2 Å². The van der Waals surface area contributed by atoms with Crippen LogP contribution in [-0.2, 0) is 14.2 Å². The monoisotopic (exact) mass is 198 g/mol. The highest BCUT2D eigenvalue weighted by atomic mass is 16.7. The molecule has 0 aromatic heterocycles. The average molecular weight is 198 g/mol. The van der Waals surface area contributed by atoms with E-state index in [1.165, 1.54) is 12.8 Å². The molecule has 1 saturated heterocycles. The van der Waals surface area contributed by atoms with Crippen molar-refractivity contribution in [3.8, 4) is 0 Å². The van der Waals surface area contributed by atoms with Crippen LogP contribution in [0.5, 0.6) is 0 Å². The van der Waals surface area contributed by atoms with Crippen LogP contribution < -0.4 is 0 Å². The van der Waals surface area contributed by atoms with Gasteiger partial charge in [-0.05, 0) is 24.7 Å². The lowest BCUT2D eigenvalue weighted by Gasteiger charge is -2.23. The van der Waals surface area contributed by atoms with Crippen LogP contribution in [0, 0.1) is 11.8 Å². The second-order valence-electron chi connectivity index (χ2n) is 4.87. The number of fused-ring (bicyclic) bond motifs is 1. The molecule has 0 N–H and O–H groups in total. The van der Waals surface area contributed by atoms with Crippen LogP contribution in [0.25, 0.3) is 0 Å². The van der Waals surface area contributed by atoms with Gasteiger partial charge in [-0.25, -0.2) is 0 Å². The number of rotatable bonds is 1. The summed E-state index contributed by atoms with van der Waals surface area (Å²) in [5.41, 5.74) is 0. The largest absolute Gasteiger partial charge is 0.381 e. The lowest BCUT2D eigenvalue weighted by molar-refractivity contribution is -0.156. The number of ether oxygens (including phenoxy) is 3. The minimum absolute atomic E-state index is 0.186. The molecule has 3 atom stereocenters. The Bertz CT molecular complexity index is 207. The van der Waals surface area contributed by atoms with E-state index in [-0.39, 0.29) is 5.79 Å². The number of methoxy groups -OCH3 is 1. The maximum absolute atomic E-state index is 5.74. The minimum Gasteiger partial charge on any atom is -0.381 e. The first kappa shape index (κ1) is 9.13. The summed E-state index contributed by atoms with van der Waals surface area (Å²) in [5.74, 6) is 1.37. The molecule has 0 unspecified atom stereocenters. The predicted octanol–water partition coefficient (Wildman–Crippen LogP) is 1.56. The zero-order valence-electron chi connectivity index (χ0n) is 8.70. The molecule has 0 bridgehead atoms. The summed E-state index contributed by atoms with van der Waals surface area (Å²) >= 11 is 0. The summed E-state index contributed by atoms with van der Waals surface area (Å²) in [6.07, 6.45) is 5.09. The third-order valence-corrected chi connectivity index (χ3v) is 4.09. The molecular weight excluding hydrogens is 180 g/mol. The smallest absolute Gasteiger partial charge is 0.169 e. The average Bonchev–Trinajstić information content (AvgIpc) is 2.81. The van der Waals surface area contributed by atoms with Crippen LogP contribution in [0.15, 0.2) is 0 Å². The summed E-state index contributed by atoms with van der Waals surface area (Å²) in [5, 5.41) is 0. The fourth-order valence-electron chi connectivity index (χ4n) is 3.46. The van der Waals surface area contributed by atoms with E-state index in [0.29, 0.717) is 6.10 Å². The van der Waals surface area contributed by atoms with Crippen molar-refractivity contribution in [1.29, 1.82) is 0 Å². The predicted molar refractivity (Wildman–Crippen MR) is 50.9 cm³/mol. The van der Waals surface area contributed by atoms with E-state index in [1.54, 1.807) is 0 Å². The molecule has 80 valence electrons. The molecule has 1 heterocycles. The van der Waals surface area contributed by atoms with Crippen LogP contribution >= 0.6 is 0 Å². The minimum atomic E-state index is -0.186. The first-order valence-corrected chi connectivity index (χ1v) is 5.62. The quantitative estimate of drug-likeness (QED) is 0.640. The Hall–Kier alpha value is -0.120. The molecule has 0 amide bonds. The Labute approximate surface area is 84.7 Å². The Kier molecular flexibility index (Phi) is 2.08. The molecule has 0 aromatic carbocycles. The van der Waals surface area contributed by atoms with Gasteiger partial charge >= 0.3 is 0 Å². The fourth-order valence-corrected chi connectivity index (χ4v) is 3.46. The molecule has 2 aliphatic carbocycles. The van der Waals surface area contributed by atoms with Gasteiger partial charge in [0.1, 0.15) is 0 Å².